The average Bonchev–Trinajstić information content (AvgIpc) is 2.25. The molecule has 1 aromatic carbocycles. The lowest BCUT2D eigenvalue weighted by Crippen LogP contribution is -2.33. The standard InChI is InChI=1S/C13H21FN2O2S/c1-9(2)7-8-10(3)16-19(17,18)13-11(14)5-4-6-12(13)15/h4-6,9-10,16H,7-8,15H2,1-3H3. The van der Waals surface area contributed by atoms with Gasteiger partial charge in [0.05, 0.1) is 5.69 Å². The Morgan fingerprint density at radius 2 is 1.89 bits per heavy atom. The first-order chi connectivity index (χ1) is 8.74. The second kappa shape index (κ2) is 6.34. The summed E-state index contributed by atoms with van der Waals surface area (Å²) in [5.41, 5.74) is 5.47. The van der Waals surface area contributed by atoms with Gasteiger partial charge in [0.25, 0.3) is 0 Å². The molecule has 19 heavy (non-hydrogen) atoms. The predicted molar refractivity (Wildman–Crippen MR) is 74.7 cm³/mol. The molecule has 0 bridgehead atoms. The fraction of sp³-hybridized carbons (Fsp3) is 0.538. The van der Waals surface area contributed by atoms with E-state index in [0.29, 0.717) is 12.3 Å². The molecule has 0 heterocycles. The number of hydrogen-bond donors (Lipinski definition) is 2. The third kappa shape index (κ3) is 4.47. The summed E-state index contributed by atoms with van der Waals surface area (Å²) in [5, 5.41) is 0. The summed E-state index contributed by atoms with van der Waals surface area (Å²) in [7, 11) is -3.92. The van der Waals surface area contributed by atoms with Crippen molar-refractivity contribution in [1.82, 2.24) is 4.72 Å². The number of rotatable bonds is 6. The van der Waals surface area contributed by atoms with Crippen molar-refractivity contribution in [1.29, 1.82) is 0 Å². The fourth-order valence-corrected chi connectivity index (χ4v) is 3.24. The second-order valence-corrected chi connectivity index (χ2v) is 6.80. The number of sulfonamides is 1. The van der Waals surface area contributed by atoms with Crippen LogP contribution < -0.4 is 10.5 Å². The molecule has 0 fully saturated rings. The van der Waals surface area contributed by atoms with Crippen LogP contribution in [0.4, 0.5) is 10.1 Å². The summed E-state index contributed by atoms with van der Waals surface area (Å²) in [6.07, 6.45) is 1.60. The molecule has 1 aromatic rings. The minimum atomic E-state index is -3.92. The number of nitrogen functional groups attached to an aromatic ring is 1. The van der Waals surface area contributed by atoms with Crippen molar-refractivity contribution in [3.8, 4) is 0 Å². The van der Waals surface area contributed by atoms with E-state index in [1.807, 2.05) is 0 Å². The Morgan fingerprint density at radius 3 is 2.42 bits per heavy atom. The van der Waals surface area contributed by atoms with Gasteiger partial charge in [-0.2, -0.15) is 0 Å². The van der Waals surface area contributed by atoms with Crippen molar-refractivity contribution in [3.05, 3.63) is 24.0 Å². The lowest BCUT2D eigenvalue weighted by molar-refractivity contribution is 0.483. The number of halogens is 1. The molecule has 1 rings (SSSR count). The van der Waals surface area contributed by atoms with E-state index in [0.717, 1.165) is 12.5 Å². The van der Waals surface area contributed by atoms with E-state index in [2.05, 4.69) is 18.6 Å². The zero-order valence-corrected chi connectivity index (χ0v) is 12.3. The van der Waals surface area contributed by atoms with Gasteiger partial charge in [0.1, 0.15) is 10.7 Å². The van der Waals surface area contributed by atoms with Gasteiger partial charge in [0, 0.05) is 6.04 Å². The predicted octanol–water partition coefficient (Wildman–Crippen LogP) is 2.51. The summed E-state index contributed by atoms with van der Waals surface area (Å²) in [6.45, 7) is 5.89. The molecular formula is C13H21FN2O2S. The Balaban J connectivity index is 2.87. The molecule has 1 unspecified atom stereocenters. The Hall–Kier alpha value is -1.14. The quantitative estimate of drug-likeness (QED) is 0.790. The van der Waals surface area contributed by atoms with Crippen LogP contribution in [0, 0.1) is 11.7 Å². The van der Waals surface area contributed by atoms with Crippen LogP contribution in [-0.4, -0.2) is 14.5 Å². The van der Waals surface area contributed by atoms with E-state index in [1.165, 1.54) is 12.1 Å². The SMILES string of the molecule is CC(C)CCC(C)NS(=O)(=O)c1c(N)cccc1F. The summed E-state index contributed by atoms with van der Waals surface area (Å²) in [6, 6.07) is 3.58. The number of anilines is 1. The molecule has 3 N–H and O–H groups in total. The molecule has 0 aliphatic carbocycles. The van der Waals surface area contributed by atoms with Crippen LogP contribution >= 0.6 is 0 Å². The summed E-state index contributed by atoms with van der Waals surface area (Å²) < 4.78 is 40.3. The molecule has 0 saturated heterocycles. The van der Waals surface area contributed by atoms with Crippen LogP contribution in [0.1, 0.15) is 33.6 Å². The maximum atomic E-state index is 13.6. The van der Waals surface area contributed by atoms with E-state index >= 15 is 0 Å². The average molecular weight is 288 g/mol. The molecular weight excluding hydrogens is 267 g/mol. The first-order valence-corrected chi connectivity index (χ1v) is 7.78. The summed E-state index contributed by atoms with van der Waals surface area (Å²) in [5.74, 6) is -0.339. The lowest BCUT2D eigenvalue weighted by atomic mass is 10.1. The summed E-state index contributed by atoms with van der Waals surface area (Å²) >= 11 is 0. The molecule has 108 valence electrons. The minimum Gasteiger partial charge on any atom is -0.398 e. The lowest BCUT2D eigenvalue weighted by Gasteiger charge is -2.16. The van der Waals surface area contributed by atoms with Crippen LogP contribution in [0.25, 0.3) is 0 Å². The van der Waals surface area contributed by atoms with Gasteiger partial charge in [-0.25, -0.2) is 17.5 Å². The maximum Gasteiger partial charge on any atom is 0.245 e. The van der Waals surface area contributed by atoms with Gasteiger partial charge in [-0.15, -0.1) is 0 Å². The van der Waals surface area contributed by atoms with Crippen molar-refractivity contribution in [2.75, 3.05) is 5.73 Å². The molecule has 1 atom stereocenters. The van der Waals surface area contributed by atoms with Crippen LogP contribution in [0.3, 0.4) is 0 Å². The van der Waals surface area contributed by atoms with Crippen molar-refractivity contribution in [2.24, 2.45) is 5.92 Å². The highest BCUT2D eigenvalue weighted by Crippen LogP contribution is 2.22. The first kappa shape index (κ1) is 15.9. The van der Waals surface area contributed by atoms with E-state index in [-0.39, 0.29) is 11.7 Å². The maximum absolute atomic E-state index is 13.6. The van der Waals surface area contributed by atoms with Gasteiger partial charge < -0.3 is 5.73 Å². The van der Waals surface area contributed by atoms with Gasteiger partial charge in [0.2, 0.25) is 10.0 Å². The Morgan fingerprint density at radius 1 is 1.26 bits per heavy atom. The molecule has 0 amide bonds. The van der Waals surface area contributed by atoms with Crippen molar-refractivity contribution in [2.45, 2.75) is 44.6 Å². The molecule has 0 spiro atoms. The van der Waals surface area contributed by atoms with Gasteiger partial charge >= 0.3 is 0 Å². The Labute approximate surface area is 114 Å². The highest BCUT2D eigenvalue weighted by molar-refractivity contribution is 7.89. The summed E-state index contributed by atoms with van der Waals surface area (Å²) in [4.78, 5) is -0.466. The number of hydrogen-bond acceptors (Lipinski definition) is 3. The number of nitrogens with one attached hydrogen (secondary N) is 1. The second-order valence-electron chi connectivity index (χ2n) is 5.15. The topological polar surface area (TPSA) is 72.2 Å². The zero-order valence-electron chi connectivity index (χ0n) is 11.5. The van der Waals surface area contributed by atoms with Crippen LogP contribution in [-0.2, 0) is 10.0 Å². The molecule has 0 aliphatic rings. The monoisotopic (exact) mass is 288 g/mol. The molecule has 0 aliphatic heterocycles. The Bertz CT molecular complexity index is 509. The third-order valence-electron chi connectivity index (χ3n) is 2.80. The molecule has 0 radical (unpaired) electrons. The van der Waals surface area contributed by atoms with Gasteiger partial charge in [-0.05, 0) is 37.8 Å². The van der Waals surface area contributed by atoms with E-state index in [4.69, 9.17) is 5.73 Å². The van der Waals surface area contributed by atoms with Gasteiger partial charge in [-0.1, -0.05) is 19.9 Å². The van der Waals surface area contributed by atoms with Crippen LogP contribution in [0.2, 0.25) is 0 Å². The molecule has 6 heteroatoms. The zero-order chi connectivity index (χ0) is 14.6. The van der Waals surface area contributed by atoms with Gasteiger partial charge in [0.15, 0.2) is 0 Å². The fourth-order valence-electron chi connectivity index (χ4n) is 1.78. The van der Waals surface area contributed by atoms with Crippen molar-refractivity contribution >= 4 is 15.7 Å². The number of nitrogens with two attached hydrogens (primary N) is 1. The Kier molecular flexibility index (Phi) is 5.31. The van der Waals surface area contributed by atoms with Crippen LogP contribution in [0.15, 0.2) is 23.1 Å². The van der Waals surface area contributed by atoms with E-state index in [1.54, 1.807) is 6.92 Å². The highest BCUT2D eigenvalue weighted by Gasteiger charge is 2.23. The van der Waals surface area contributed by atoms with Crippen molar-refractivity contribution < 1.29 is 12.8 Å². The van der Waals surface area contributed by atoms with Gasteiger partial charge in [-0.3, -0.25) is 0 Å². The molecule has 4 nitrogen and oxygen atoms in total. The van der Waals surface area contributed by atoms with E-state index in [9.17, 15) is 12.8 Å². The first-order valence-electron chi connectivity index (χ1n) is 6.30. The smallest absolute Gasteiger partial charge is 0.245 e. The minimum absolute atomic E-state index is 0.0800. The number of benzene rings is 1. The van der Waals surface area contributed by atoms with Crippen LogP contribution in [0.5, 0.6) is 0 Å². The van der Waals surface area contributed by atoms with E-state index < -0.39 is 20.7 Å². The molecule has 0 saturated carbocycles. The highest BCUT2D eigenvalue weighted by atomic mass is 32.2. The normalized spacial score (nSPS) is 13.7. The van der Waals surface area contributed by atoms with Crippen molar-refractivity contribution in [3.63, 3.8) is 0 Å². The largest absolute Gasteiger partial charge is 0.398 e. The third-order valence-corrected chi connectivity index (χ3v) is 4.48. The molecule has 0 aromatic heterocycles.